The number of rotatable bonds is 19. The van der Waals surface area contributed by atoms with E-state index in [2.05, 4.69) is 25.7 Å². The highest BCUT2D eigenvalue weighted by molar-refractivity contribution is 5.84. The molecule has 0 aliphatic carbocycles. The average Bonchev–Trinajstić information content (AvgIpc) is 3.09. The van der Waals surface area contributed by atoms with Crippen molar-refractivity contribution in [1.82, 2.24) is 15.5 Å². The van der Waals surface area contributed by atoms with Crippen LogP contribution in [0, 0.1) is 5.92 Å². The molecule has 2 aliphatic heterocycles. The summed E-state index contributed by atoms with van der Waals surface area (Å²) in [7, 11) is 0. The molecule has 0 aromatic heterocycles. The number of carboxylic acid groups (broad SMARTS) is 1. The zero-order valence-corrected chi connectivity index (χ0v) is 23.5. The summed E-state index contributed by atoms with van der Waals surface area (Å²) in [5.74, 6) is -0.261. The van der Waals surface area contributed by atoms with Gasteiger partial charge in [-0.3, -0.25) is 14.6 Å². The van der Waals surface area contributed by atoms with Crippen LogP contribution in [-0.4, -0.2) is 107 Å². The van der Waals surface area contributed by atoms with E-state index >= 15 is 0 Å². The minimum Gasteiger partial charge on any atom is -0.494 e. The number of amides is 1. The van der Waals surface area contributed by atoms with Crippen molar-refractivity contribution in [3.05, 3.63) is 39.8 Å². The molecule has 41 heavy (non-hydrogen) atoms. The number of ether oxygens (including phenoxy) is 4. The molecule has 0 radical (unpaired) electrons. The van der Waals surface area contributed by atoms with Crippen molar-refractivity contribution in [2.45, 2.75) is 32.2 Å². The second-order valence-electron chi connectivity index (χ2n) is 9.62. The molecule has 3 N–H and O–H groups in total. The predicted octanol–water partition coefficient (Wildman–Crippen LogP) is 1.73. The Bertz CT molecular complexity index is 1050. The highest BCUT2D eigenvalue weighted by Gasteiger charge is 2.31. The van der Waals surface area contributed by atoms with E-state index in [1.165, 1.54) is 0 Å². The van der Waals surface area contributed by atoms with E-state index in [0.717, 1.165) is 55.3 Å². The molecule has 14 nitrogen and oxygen atoms in total. The monoisotopic (exact) mass is 575 g/mol. The molecule has 3 rings (SSSR count). The van der Waals surface area contributed by atoms with E-state index in [1.807, 2.05) is 18.2 Å². The highest BCUT2D eigenvalue weighted by Crippen LogP contribution is 2.28. The lowest BCUT2D eigenvalue weighted by atomic mass is 9.94. The van der Waals surface area contributed by atoms with Gasteiger partial charge in [-0.25, -0.2) is 0 Å². The van der Waals surface area contributed by atoms with Gasteiger partial charge in [-0.1, -0.05) is 11.2 Å². The molecule has 0 saturated carbocycles. The van der Waals surface area contributed by atoms with Gasteiger partial charge >= 0.3 is 5.97 Å². The molecule has 1 amide bonds. The number of hydrogen-bond acceptors (Lipinski definition) is 10. The van der Waals surface area contributed by atoms with Crippen molar-refractivity contribution in [2.75, 3.05) is 79.0 Å². The summed E-state index contributed by atoms with van der Waals surface area (Å²) < 4.78 is 22.3. The molecule has 1 atom stereocenters. The summed E-state index contributed by atoms with van der Waals surface area (Å²) in [6.45, 7) is 6.20. The first-order chi connectivity index (χ1) is 20.1. The number of carbonyl (C=O) groups is 2. The lowest BCUT2D eigenvalue weighted by molar-refractivity contribution is -0.145. The summed E-state index contributed by atoms with van der Waals surface area (Å²) in [5.41, 5.74) is 10.1. The Balaban J connectivity index is 1.43. The number of aliphatic imine (C=N–C) groups is 1. The molecule has 0 saturated heterocycles. The minimum atomic E-state index is -0.995. The Morgan fingerprint density at radius 1 is 1.15 bits per heavy atom. The fourth-order valence-electron chi connectivity index (χ4n) is 4.48. The van der Waals surface area contributed by atoms with Crippen molar-refractivity contribution < 1.29 is 33.6 Å². The Kier molecular flexibility index (Phi) is 14.6. The van der Waals surface area contributed by atoms with Crippen molar-refractivity contribution in [3.63, 3.8) is 0 Å². The summed E-state index contributed by atoms with van der Waals surface area (Å²) >= 11 is 0. The van der Waals surface area contributed by atoms with Gasteiger partial charge in [0.1, 0.15) is 5.75 Å². The lowest BCUT2D eigenvalue weighted by Gasteiger charge is -2.24. The van der Waals surface area contributed by atoms with Gasteiger partial charge in [0, 0.05) is 44.2 Å². The van der Waals surface area contributed by atoms with Gasteiger partial charge < -0.3 is 39.6 Å². The van der Waals surface area contributed by atoms with Crippen LogP contribution >= 0.6 is 0 Å². The predicted molar refractivity (Wildman–Crippen MR) is 151 cm³/mol. The number of guanidine groups is 1. The van der Waals surface area contributed by atoms with Crippen molar-refractivity contribution in [1.29, 1.82) is 0 Å². The van der Waals surface area contributed by atoms with Gasteiger partial charge in [0.15, 0.2) is 5.96 Å². The summed E-state index contributed by atoms with van der Waals surface area (Å²) in [6, 6.07) is 5.76. The molecule has 1 aromatic carbocycles. The van der Waals surface area contributed by atoms with Gasteiger partial charge in [0.05, 0.1) is 58.6 Å². The Hall–Kier alpha value is -3.58. The number of nitrogens with zero attached hydrogens (tertiary/aromatic N) is 5. The third-order valence-electron chi connectivity index (χ3n) is 6.52. The fraction of sp³-hybridized carbons (Fsp3) is 0.667. The Morgan fingerprint density at radius 2 is 1.93 bits per heavy atom. The van der Waals surface area contributed by atoms with E-state index in [4.69, 9.17) is 24.5 Å². The number of benzene rings is 1. The van der Waals surface area contributed by atoms with Crippen molar-refractivity contribution in [3.8, 4) is 5.75 Å². The van der Waals surface area contributed by atoms with Crippen LogP contribution in [0.2, 0.25) is 0 Å². The second-order valence-corrected chi connectivity index (χ2v) is 9.62. The SMILES string of the molecule is [N-]=[N+]=NCCOCCOCCOCCN1Cc2cc(OCCCNC3=NCCCN3)ccc2C[C@@H](CC(=O)O)C1=O. The van der Waals surface area contributed by atoms with E-state index in [0.29, 0.717) is 65.8 Å². The molecule has 1 aromatic rings. The number of nitrogens with one attached hydrogen (secondary N) is 2. The summed E-state index contributed by atoms with van der Waals surface area (Å²) in [5, 5.41) is 19.3. The molecular formula is C27H41N7O7. The maximum Gasteiger partial charge on any atom is 0.304 e. The van der Waals surface area contributed by atoms with Crippen molar-refractivity contribution >= 4 is 17.8 Å². The van der Waals surface area contributed by atoms with E-state index in [-0.39, 0.29) is 18.9 Å². The van der Waals surface area contributed by atoms with Gasteiger partial charge in [0.2, 0.25) is 5.91 Å². The maximum atomic E-state index is 13.2. The molecule has 0 spiro atoms. The first-order valence-corrected chi connectivity index (χ1v) is 14.1. The van der Waals surface area contributed by atoms with Crippen LogP contribution in [-0.2, 0) is 36.8 Å². The van der Waals surface area contributed by atoms with Gasteiger partial charge in [-0.2, -0.15) is 0 Å². The zero-order chi connectivity index (χ0) is 29.1. The topological polar surface area (TPSA) is 180 Å². The van der Waals surface area contributed by atoms with Crippen LogP contribution < -0.4 is 15.4 Å². The first kappa shape index (κ1) is 31.9. The quantitative estimate of drug-likeness (QED) is 0.0958. The molecule has 0 unspecified atom stereocenters. The van der Waals surface area contributed by atoms with E-state index < -0.39 is 11.9 Å². The maximum absolute atomic E-state index is 13.2. The normalized spacial score (nSPS) is 16.6. The molecule has 0 fully saturated rings. The minimum absolute atomic E-state index is 0.186. The largest absolute Gasteiger partial charge is 0.494 e. The first-order valence-electron chi connectivity index (χ1n) is 14.1. The molecular weight excluding hydrogens is 534 g/mol. The molecule has 226 valence electrons. The van der Waals surface area contributed by atoms with Crippen LogP contribution in [0.3, 0.4) is 0 Å². The van der Waals surface area contributed by atoms with Crippen LogP contribution in [0.5, 0.6) is 5.75 Å². The van der Waals surface area contributed by atoms with Crippen LogP contribution in [0.4, 0.5) is 0 Å². The molecule has 14 heteroatoms. The smallest absolute Gasteiger partial charge is 0.304 e. The standard InChI is InChI=1S/C27H41N7O7/c28-33-32-8-11-38-13-15-40-16-14-39-12-9-34-20-23-18-24(41-10-2-7-31-27-29-5-1-6-30-27)4-3-21(23)17-22(26(34)37)19-25(35)36/h3-4,18,22H,1-2,5-17,19-20H2,(H,35,36)(H2,29,30,31)/t22-/m0/s1. The summed E-state index contributed by atoms with van der Waals surface area (Å²) in [6.07, 6.45) is 2.00. The van der Waals surface area contributed by atoms with E-state index in [9.17, 15) is 14.7 Å². The third kappa shape index (κ3) is 12.2. The average molecular weight is 576 g/mol. The van der Waals surface area contributed by atoms with Crippen LogP contribution in [0.25, 0.3) is 10.4 Å². The van der Waals surface area contributed by atoms with Crippen LogP contribution in [0.1, 0.15) is 30.4 Å². The Labute approximate surface area is 240 Å². The second kappa shape index (κ2) is 18.7. The number of fused-ring (bicyclic) bond motifs is 1. The lowest BCUT2D eigenvalue weighted by Crippen LogP contribution is -2.41. The molecule has 0 bridgehead atoms. The van der Waals surface area contributed by atoms with Gasteiger partial charge in [-0.15, -0.1) is 0 Å². The van der Waals surface area contributed by atoms with Crippen molar-refractivity contribution in [2.24, 2.45) is 16.0 Å². The third-order valence-corrected chi connectivity index (χ3v) is 6.52. The van der Waals surface area contributed by atoms with Crippen LogP contribution in [0.15, 0.2) is 28.3 Å². The van der Waals surface area contributed by atoms with Gasteiger partial charge in [-0.05, 0) is 48.1 Å². The number of carbonyl (C=O) groups excluding carboxylic acids is 1. The number of hydrogen-bond donors (Lipinski definition) is 3. The molecule has 2 heterocycles. The zero-order valence-electron chi connectivity index (χ0n) is 23.5. The molecule has 2 aliphatic rings. The number of carboxylic acids is 1. The Morgan fingerprint density at radius 3 is 2.66 bits per heavy atom. The fourth-order valence-corrected chi connectivity index (χ4v) is 4.48. The van der Waals surface area contributed by atoms with Gasteiger partial charge in [0.25, 0.3) is 0 Å². The highest BCUT2D eigenvalue weighted by atomic mass is 16.5. The van der Waals surface area contributed by atoms with E-state index in [1.54, 1.807) is 4.90 Å². The number of aliphatic carboxylic acids is 1. The number of azide groups is 1. The summed E-state index contributed by atoms with van der Waals surface area (Å²) in [4.78, 5) is 33.4.